The number of carbonyl (C=O) groups excluding carboxylic acids is 1. The molecule has 1 heterocycles. The second-order valence-corrected chi connectivity index (χ2v) is 6.84. The number of aromatic nitrogens is 2. The van der Waals surface area contributed by atoms with E-state index >= 15 is 0 Å². The Hall–Kier alpha value is -2.77. The molecule has 0 atom stereocenters. The van der Waals surface area contributed by atoms with Gasteiger partial charge in [0, 0.05) is 25.3 Å². The van der Waals surface area contributed by atoms with E-state index in [1.165, 1.54) is 17.2 Å². The minimum absolute atomic E-state index is 0.0296. The van der Waals surface area contributed by atoms with Gasteiger partial charge in [-0.1, -0.05) is 19.9 Å². The van der Waals surface area contributed by atoms with Gasteiger partial charge in [-0.25, -0.2) is 8.78 Å². The number of nitrogens with zero attached hydrogens (tertiary/aromatic N) is 3. The molecule has 1 aromatic carbocycles. The third kappa shape index (κ3) is 5.35. The van der Waals surface area contributed by atoms with E-state index in [-0.39, 0.29) is 19.5 Å². The van der Waals surface area contributed by atoms with Crippen molar-refractivity contribution in [2.75, 3.05) is 6.54 Å². The van der Waals surface area contributed by atoms with Crippen LogP contribution in [-0.4, -0.2) is 38.2 Å². The van der Waals surface area contributed by atoms with Gasteiger partial charge in [-0.05, 0) is 30.5 Å². The fourth-order valence-corrected chi connectivity index (χ4v) is 2.70. The molecule has 8 heteroatoms. The molecule has 0 radical (unpaired) electrons. The molecule has 1 N–H and O–H groups in total. The molecule has 0 spiro atoms. The maximum Gasteiger partial charge on any atom is 0.305 e. The first kappa shape index (κ1) is 20.5. The number of amides is 1. The third-order valence-corrected chi connectivity index (χ3v) is 4.11. The summed E-state index contributed by atoms with van der Waals surface area (Å²) in [6, 6.07) is 3.36. The summed E-state index contributed by atoms with van der Waals surface area (Å²) in [5, 5.41) is 13.2. The van der Waals surface area contributed by atoms with Crippen molar-refractivity contribution in [3.63, 3.8) is 0 Å². The minimum atomic E-state index is -1.05. The van der Waals surface area contributed by atoms with Gasteiger partial charge in [0.15, 0.2) is 11.6 Å². The number of carbonyl (C=O) groups is 2. The maximum absolute atomic E-state index is 13.5. The number of halogens is 2. The molecule has 146 valence electrons. The first-order chi connectivity index (χ1) is 12.7. The standard InChI is InChI=1S/C19H23F2N3O3/c1-12(2)10-24-13(3)15(9-22-24)19(27)23(7-6-18(25)26)11-14-4-5-16(20)17(21)8-14/h4-5,8-9,12H,6-7,10-11H2,1-3H3,(H,25,26). The van der Waals surface area contributed by atoms with E-state index < -0.39 is 23.5 Å². The number of hydrogen-bond donors (Lipinski definition) is 1. The summed E-state index contributed by atoms with van der Waals surface area (Å²) in [4.78, 5) is 25.2. The topological polar surface area (TPSA) is 75.4 Å². The molecule has 1 aromatic heterocycles. The van der Waals surface area contributed by atoms with Crippen LogP contribution in [-0.2, 0) is 17.9 Å². The van der Waals surface area contributed by atoms with Crippen LogP contribution in [0.3, 0.4) is 0 Å². The second-order valence-electron chi connectivity index (χ2n) is 6.84. The molecule has 2 rings (SSSR count). The largest absolute Gasteiger partial charge is 0.481 e. The zero-order valence-electron chi connectivity index (χ0n) is 15.6. The zero-order chi connectivity index (χ0) is 20.1. The maximum atomic E-state index is 13.5. The molecule has 0 saturated carbocycles. The van der Waals surface area contributed by atoms with Crippen LogP contribution in [0, 0.1) is 24.5 Å². The Bertz CT molecular complexity index is 834. The number of carboxylic acids is 1. The second kappa shape index (κ2) is 8.75. The first-order valence-electron chi connectivity index (χ1n) is 8.66. The number of rotatable bonds is 8. The highest BCUT2D eigenvalue weighted by atomic mass is 19.2. The predicted molar refractivity (Wildman–Crippen MR) is 95.2 cm³/mol. The van der Waals surface area contributed by atoms with E-state index in [2.05, 4.69) is 5.10 Å². The molecule has 2 aromatic rings. The molecule has 27 heavy (non-hydrogen) atoms. The lowest BCUT2D eigenvalue weighted by atomic mass is 10.1. The van der Waals surface area contributed by atoms with Crippen molar-refractivity contribution in [1.29, 1.82) is 0 Å². The van der Waals surface area contributed by atoms with Crippen LogP contribution < -0.4 is 0 Å². The van der Waals surface area contributed by atoms with Crippen molar-refractivity contribution in [2.45, 2.75) is 40.3 Å². The van der Waals surface area contributed by atoms with Crippen molar-refractivity contribution < 1.29 is 23.5 Å². The molecule has 0 unspecified atom stereocenters. The average molecular weight is 379 g/mol. The molecular formula is C19H23F2N3O3. The molecule has 1 amide bonds. The summed E-state index contributed by atoms with van der Waals surface area (Å²) in [7, 11) is 0. The number of carboxylic acid groups (broad SMARTS) is 1. The van der Waals surface area contributed by atoms with Gasteiger partial charge in [0.1, 0.15) is 0 Å². The normalized spacial score (nSPS) is 11.0. The lowest BCUT2D eigenvalue weighted by Crippen LogP contribution is -2.33. The van der Waals surface area contributed by atoms with Gasteiger partial charge in [-0.3, -0.25) is 14.3 Å². The minimum Gasteiger partial charge on any atom is -0.481 e. The summed E-state index contributed by atoms with van der Waals surface area (Å²) in [5.74, 6) is -3.09. The average Bonchev–Trinajstić information content (AvgIpc) is 2.94. The van der Waals surface area contributed by atoms with E-state index in [9.17, 15) is 18.4 Å². The van der Waals surface area contributed by atoms with Crippen LogP contribution in [0.2, 0.25) is 0 Å². The lowest BCUT2D eigenvalue weighted by Gasteiger charge is -2.22. The highest BCUT2D eigenvalue weighted by molar-refractivity contribution is 5.95. The Morgan fingerprint density at radius 2 is 1.96 bits per heavy atom. The van der Waals surface area contributed by atoms with Crippen molar-refractivity contribution >= 4 is 11.9 Å². The smallest absolute Gasteiger partial charge is 0.305 e. The number of aliphatic carboxylic acids is 1. The van der Waals surface area contributed by atoms with Crippen molar-refractivity contribution in [3.05, 3.63) is 52.9 Å². The quantitative estimate of drug-likeness (QED) is 0.764. The Morgan fingerprint density at radius 3 is 2.56 bits per heavy atom. The summed E-state index contributed by atoms with van der Waals surface area (Å²) in [6.07, 6.45) is 1.20. The summed E-state index contributed by atoms with van der Waals surface area (Å²) >= 11 is 0. The monoisotopic (exact) mass is 379 g/mol. The van der Waals surface area contributed by atoms with Crippen LogP contribution in [0.4, 0.5) is 8.78 Å². The Labute approximate surface area is 156 Å². The SMILES string of the molecule is Cc1c(C(=O)N(CCC(=O)O)Cc2ccc(F)c(F)c2)cnn1CC(C)C. The predicted octanol–water partition coefficient (Wildman–Crippen LogP) is 3.24. The molecule has 0 saturated heterocycles. The Morgan fingerprint density at radius 1 is 1.26 bits per heavy atom. The molecule has 0 bridgehead atoms. The van der Waals surface area contributed by atoms with Crippen LogP contribution >= 0.6 is 0 Å². The molecule has 0 aliphatic rings. The summed E-state index contributed by atoms with van der Waals surface area (Å²) in [6.45, 7) is 6.41. The van der Waals surface area contributed by atoms with Crippen LogP contribution in [0.15, 0.2) is 24.4 Å². The van der Waals surface area contributed by atoms with E-state index in [4.69, 9.17) is 5.11 Å². The highest BCUT2D eigenvalue weighted by Crippen LogP contribution is 2.17. The first-order valence-corrected chi connectivity index (χ1v) is 8.66. The van der Waals surface area contributed by atoms with Gasteiger partial charge in [-0.2, -0.15) is 5.10 Å². The molecular weight excluding hydrogens is 356 g/mol. The Balaban J connectivity index is 2.27. The van der Waals surface area contributed by atoms with Gasteiger partial charge in [0.2, 0.25) is 0 Å². The van der Waals surface area contributed by atoms with E-state index in [1.54, 1.807) is 11.6 Å². The molecule has 0 fully saturated rings. The van der Waals surface area contributed by atoms with Gasteiger partial charge in [0.05, 0.1) is 18.2 Å². The fourth-order valence-electron chi connectivity index (χ4n) is 2.70. The summed E-state index contributed by atoms with van der Waals surface area (Å²) < 4.78 is 28.3. The fraction of sp³-hybridized carbons (Fsp3) is 0.421. The number of benzene rings is 1. The van der Waals surface area contributed by atoms with E-state index in [0.717, 1.165) is 12.1 Å². The third-order valence-electron chi connectivity index (χ3n) is 4.11. The van der Waals surface area contributed by atoms with Crippen molar-refractivity contribution in [1.82, 2.24) is 14.7 Å². The zero-order valence-corrected chi connectivity index (χ0v) is 15.6. The van der Waals surface area contributed by atoms with Gasteiger partial charge in [0.25, 0.3) is 5.91 Å². The van der Waals surface area contributed by atoms with E-state index in [0.29, 0.717) is 29.3 Å². The van der Waals surface area contributed by atoms with Crippen LogP contribution in [0.25, 0.3) is 0 Å². The van der Waals surface area contributed by atoms with Crippen molar-refractivity contribution in [2.24, 2.45) is 5.92 Å². The lowest BCUT2D eigenvalue weighted by molar-refractivity contribution is -0.137. The van der Waals surface area contributed by atoms with Gasteiger partial charge in [-0.15, -0.1) is 0 Å². The summed E-state index contributed by atoms with van der Waals surface area (Å²) in [5.41, 5.74) is 1.42. The number of hydrogen-bond acceptors (Lipinski definition) is 3. The van der Waals surface area contributed by atoms with Gasteiger partial charge >= 0.3 is 5.97 Å². The Kier molecular flexibility index (Phi) is 6.65. The van der Waals surface area contributed by atoms with Gasteiger partial charge < -0.3 is 10.0 Å². The van der Waals surface area contributed by atoms with E-state index in [1.807, 2.05) is 13.8 Å². The van der Waals surface area contributed by atoms with Crippen molar-refractivity contribution in [3.8, 4) is 0 Å². The van der Waals surface area contributed by atoms with Crippen LogP contribution in [0.5, 0.6) is 0 Å². The highest BCUT2D eigenvalue weighted by Gasteiger charge is 2.22. The molecule has 0 aliphatic heterocycles. The molecule has 6 nitrogen and oxygen atoms in total. The molecule has 0 aliphatic carbocycles. The van der Waals surface area contributed by atoms with Crippen LogP contribution in [0.1, 0.15) is 41.9 Å².